The van der Waals surface area contributed by atoms with Gasteiger partial charge in [0.05, 0.1) is 12.1 Å². The highest BCUT2D eigenvalue weighted by Gasteiger charge is 2.20. The zero-order valence-corrected chi connectivity index (χ0v) is 11.7. The van der Waals surface area contributed by atoms with Crippen LogP contribution in [-0.4, -0.2) is 51.7 Å². The number of rotatable bonds is 4. The molecule has 21 heavy (non-hydrogen) atoms. The number of carbonyl (C=O) groups is 1. The van der Waals surface area contributed by atoms with Crippen molar-refractivity contribution in [2.24, 2.45) is 5.73 Å². The zero-order chi connectivity index (χ0) is 14.7. The van der Waals surface area contributed by atoms with Gasteiger partial charge >= 0.3 is 0 Å². The summed E-state index contributed by atoms with van der Waals surface area (Å²) in [7, 11) is 0. The van der Waals surface area contributed by atoms with Gasteiger partial charge in [0.2, 0.25) is 11.9 Å². The molecule has 3 rings (SSSR count). The van der Waals surface area contributed by atoms with Crippen molar-refractivity contribution in [2.75, 3.05) is 25.0 Å². The van der Waals surface area contributed by atoms with Crippen LogP contribution in [0.5, 0.6) is 0 Å². The van der Waals surface area contributed by atoms with Crippen molar-refractivity contribution in [1.29, 1.82) is 0 Å². The van der Waals surface area contributed by atoms with Gasteiger partial charge in [-0.05, 0) is 25.0 Å². The summed E-state index contributed by atoms with van der Waals surface area (Å²) in [5, 5.41) is 11.6. The van der Waals surface area contributed by atoms with E-state index in [1.54, 1.807) is 0 Å². The summed E-state index contributed by atoms with van der Waals surface area (Å²) in [6.45, 7) is 2.03. The van der Waals surface area contributed by atoms with Crippen molar-refractivity contribution >= 4 is 22.9 Å². The fourth-order valence-corrected chi connectivity index (χ4v) is 2.58. The normalized spacial score (nSPS) is 17.0. The maximum absolute atomic E-state index is 10.9. The predicted molar refractivity (Wildman–Crippen MR) is 79.6 cm³/mol. The number of amides is 1. The Bertz CT molecular complexity index is 638. The molecule has 1 aliphatic rings. The van der Waals surface area contributed by atoms with Crippen molar-refractivity contribution in [3.8, 4) is 0 Å². The number of carbonyl (C=O) groups excluding carboxylic acids is 1. The number of benzene rings is 1. The number of fused-ring (bicyclic) bond motifs is 1. The lowest BCUT2D eigenvalue weighted by Gasteiger charge is -2.31. The molecule has 0 radical (unpaired) electrons. The second-order valence-electron chi connectivity index (χ2n) is 5.29. The van der Waals surface area contributed by atoms with Crippen LogP contribution >= 0.6 is 0 Å². The molecule has 1 aromatic carbocycles. The van der Waals surface area contributed by atoms with Gasteiger partial charge in [-0.2, -0.15) is 0 Å². The molecule has 7 heteroatoms. The van der Waals surface area contributed by atoms with Gasteiger partial charge in [-0.15, -0.1) is 10.2 Å². The second kappa shape index (κ2) is 6.01. The Morgan fingerprint density at radius 1 is 1.24 bits per heavy atom. The molecule has 0 atom stereocenters. The van der Waals surface area contributed by atoms with Gasteiger partial charge in [0.1, 0.15) is 5.52 Å². The van der Waals surface area contributed by atoms with E-state index in [9.17, 15) is 4.79 Å². The van der Waals surface area contributed by atoms with Crippen molar-refractivity contribution in [2.45, 2.75) is 18.9 Å². The minimum Gasteiger partial charge on any atom is -0.369 e. The Morgan fingerprint density at radius 3 is 2.67 bits per heavy atom. The quantitative estimate of drug-likeness (QED) is 0.843. The molecule has 0 saturated carbocycles. The second-order valence-corrected chi connectivity index (χ2v) is 5.29. The van der Waals surface area contributed by atoms with Crippen molar-refractivity contribution < 1.29 is 4.79 Å². The van der Waals surface area contributed by atoms with E-state index < -0.39 is 0 Å². The third-order valence-electron chi connectivity index (χ3n) is 3.66. The smallest absolute Gasteiger partial charge is 0.243 e. The van der Waals surface area contributed by atoms with Gasteiger partial charge in [-0.3, -0.25) is 9.69 Å². The first-order chi connectivity index (χ1) is 10.2. The van der Waals surface area contributed by atoms with E-state index in [2.05, 4.69) is 25.4 Å². The van der Waals surface area contributed by atoms with E-state index in [4.69, 9.17) is 5.73 Å². The summed E-state index contributed by atoms with van der Waals surface area (Å²) < 4.78 is 0. The van der Waals surface area contributed by atoms with Crippen LogP contribution in [0, 0.1) is 0 Å². The van der Waals surface area contributed by atoms with Crippen LogP contribution < -0.4 is 11.1 Å². The molecule has 1 aromatic heterocycles. The Labute approximate surface area is 122 Å². The molecule has 2 aromatic rings. The number of nitrogens with zero attached hydrogens (tertiary/aromatic N) is 4. The van der Waals surface area contributed by atoms with Crippen LogP contribution in [0.15, 0.2) is 24.3 Å². The maximum atomic E-state index is 10.9. The Morgan fingerprint density at radius 2 is 1.95 bits per heavy atom. The SMILES string of the molecule is NC(=O)CN1CCC(Nc2nnc3ccccc3n2)CC1. The molecule has 1 amide bonds. The topological polar surface area (TPSA) is 97.0 Å². The maximum Gasteiger partial charge on any atom is 0.243 e. The molecular formula is C14H18N6O. The summed E-state index contributed by atoms with van der Waals surface area (Å²) >= 11 is 0. The summed E-state index contributed by atoms with van der Waals surface area (Å²) in [5.41, 5.74) is 6.84. The summed E-state index contributed by atoms with van der Waals surface area (Å²) in [6, 6.07) is 7.97. The third-order valence-corrected chi connectivity index (χ3v) is 3.66. The lowest BCUT2D eigenvalue weighted by Crippen LogP contribution is -2.43. The average molecular weight is 286 g/mol. The van der Waals surface area contributed by atoms with Gasteiger partial charge in [0.15, 0.2) is 0 Å². The van der Waals surface area contributed by atoms with Gasteiger partial charge in [0.25, 0.3) is 0 Å². The lowest BCUT2D eigenvalue weighted by atomic mass is 10.1. The minimum absolute atomic E-state index is 0.275. The van der Waals surface area contributed by atoms with E-state index >= 15 is 0 Å². The fraction of sp³-hybridized carbons (Fsp3) is 0.429. The van der Waals surface area contributed by atoms with Gasteiger partial charge < -0.3 is 11.1 Å². The van der Waals surface area contributed by atoms with Crippen molar-refractivity contribution in [3.05, 3.63) is 24.3 Å². The van der Waals surface area contributed by atoms with Crippen molar-refractivity contribution in [1.82, 2.24) is 20.1 Å². The molecule has 0 bridgehead atoms. The largest absolute Gasteiger partial charge is 0.369 e. The Balaban J connectivity index is 1.60. The highest BCUT2D eigenvalue weighted by atomic mass is 16.1. The number of piperidine rings is 1. The van der Waals surface area contributed by atoms with Crippen molar-refractivity contribution in [3.63, 3.8) is 0 Å². The van der Waals surface area contributed by atoms with Crippen LogP contribution in [0.4, 0.5) is 5.95 Å². The van der Waals surface area contributed by atoms with Crippen LogP contribution in [-0.2, 0) is 4.79 Å². The summed E-state index contributed by atoms with van der Waals surface area (Å²) in [5.74, 6) is 0.283. The lowest BCUT2D eigenvalue weighted by molar-refractivity contribution is -0.119. The van der Waals surface area contributed by atoms with Crippen LogP contribution in [0.2, 0.25) is 0 Å². The highest BCUT2D eigenvalue weighted by molar-refractivity contribution is 5.76. The summed E-state index contributed by atoms with van der Waals surface area (Å²) in [4.78, 5) is 17.4. The van der Waals surface area contributed by atoms with E-state index in [1.807, 2.05) is 24.3 Å². The van der Waals surface area contributed by atoms with Crippen LogP contribution in [0.3, 0.4) is 0 Å². The van der Waals surface area contributed by atoms with Gasteiger partial charge in [0, 0.05) is 19.1 Å². The number of hydrogen-bond donors (Lipinski definition) is 2. The predicted octanol–water partition coefficient (Wildman–Crippen LogP) is 0.386. The van der Waals surface area contributed by atoms with Crippen LogP contribution in [0.1, 0.15) is 12.8 Å². The number of anilines is 1. The van der Waals surface area contributed by atoms with E-state index in [0.717, 1.165) is 37.0 Å². The van der Waals surface area contributed by atoms with Crippen LogP contribution in [0.25, 0.3) is 11.0 Å². The molecule has 3 N–H and O–H groups in total. The molecule has 2 heterocycles. The summed E-state index contributed by atoms with van der Waals surface area (Å²) in [6.07, 6.45) is 1.87. The molecule has 1 fully saturated rings. The van der Waals surface area contributed by atoms with E-state index in [0.29, 0.717) is 18.5 Å². The number of primary amides is 1. The first-order valence-electron chi connectivity index (χ1n) is 7.07. The number of aromatic nitrogens is 3. The van der Waals surface area contributed by atoms with E-state index in [1.165, 1.54) is 0 Å². The minimum atomic E-state index is -0.275. The monoisotopic (exact) mass is 286 g/mol. The van der Waals surface area contributed by atoms with E-state index in [-0.39, 0.29) is 5.91 Å². The number of para-hydroxylation sites is 1. The fourth-order valence-electron chi connectivity index (χ4n) is 2.58. The third kappa shape index (κ3) is 3.43. The first-order valence-corrected chi connectivity index (χ1v) is 7.07. The molecule has 0 aliphatic carbocycles. The molecule has 0 spiro atoms. The van der Waals surface area contributed by atoms with Gasteiger partial charge in [-0.25, -0.2) is 4.98 Å². The number of nitrogens with one attached hydrogen (secondary N) is 1. The molecule has 7 nitrogen and oxygen atoms in total. The molecular weight excluding hydrogens is 268 g/mol. The Kier molecular flexibility index (Phi) is 3.92. The highest BCUT2D eigenvalue weighted by Crippen LogP contribution is 2.15. The molecule has 1 aliphatic heterocycles. The molecule has 1 saturated heterocycles. The number of likely N-dealkylation sites (tertiary alicyclic amines) is 1. The Hall–Kier alpha value is -2.28. The van der Waals surface area contributed by atoms with Gasteiger partial charge in [-0.1, -0.05) is 12.1 Å². The molecule has 110 valence electrons. The average Bonchev–Trinajstić information content (AvgIpc) is 2.49. The number of nitrogens with two attached hydrogens (primary N) is 1. The standard InChI is InChI=1S/C14H18N6O/c15-13(21)9-20-7-5-10(6-8-20)16-14-17-11-3-1-2-4-12(11)18-19-14/h1-4,10H,5-9H2,(H2,15,21)(H,16,17,19). The zero-order valence-electron chi connectivity index (χ0n) is 11.7. The first kappa shape index (κ1) is 13.7. The molecule has 0 unspecified atom stereocenters. The number of hydrogen-bond acceptors (Lipinski definition) is 6.